The summed E-state index contributed by atoms with van der Waals surface area (Å²) in [6, 6.07) is 0. The van der Waals surface area contributed by atoms with Gasteiger partial charge in [0.15, 0.2) is 5.78 Å². The van der Waals surface area contributed by atoms with E-state index in [1.54, 1.807) is 0 Å². The first-order valence-electron chi connectivity index (χ1n) is 13.1. The quantitative estimate of drug-likeness (QED) is 0.369. The van der Waals surface area contributed by atoms with Gasteiger partial charge in [-0.15, -0.1) is 0 Å². The van der Waals surface area contributed by atoms with Crippen molar-refractivity contribution in [3.05, 3.63) is 11.8 Å². The molecule has 4 rings (SSSR count). The van der Waals surface area contributed by atoms with Crippen LogP contribution in [0.15, 0.2) is 11.8 Å². The second-order valence-corrected chi connectivity index (χ2v) is 12.5. The zero-order valence-corrected chi connectivity index (χ0v) is 20.3. The molecule has 4 aliphatic rings. The average molecular weight is 415 g/mol. The second kappa shape index (κ2) is 8.28. The predicted octanol–water partition coefficient (Wildman–Crippen LogP) is 7.73. The van der Waals surface area contributed by atoms with E-state index < -0.39 is 0 Å². The lowest BCUT2D eigenvalue weighted by atomic mass is 9.43. The highest BCUT2D eigenvalue weighted by molar-refractivity contribution is 5.99. The van der Waals surface area contributed by atoms with Crippen molar-refractivity contribution >= 4 is 5.78 Å². The maximum Gasteiger partial charge on any atom is 0.165 e. The molecule has 0 amide bonds. The fraction of sp³-hybridized carbons (Fsp3) is 0.893. The van der Waals surface area contributed by atoms with Gasteiger partial charge in [0.1, 0.15) is 0 Å². The van der Waals surface area contributed by atoms with Crippen molar-refractivity contribution < 1.29 is 9.90 Å². The SMILES string of the molecule is CC(C)CCC[C@@H](C)[C@H]1CC[C@H]2[C@@H]3C(=O)/C(=C\O)C4CCCC[C@]4(C)[C@H]3CC[C@]12C. The van der Waals surface area contributed by atoms with Crippen molar-refractivity contribution in [2.45, 2.75) is 105 Å². The van der Waals surface area contributed by atoms with Gasteiger partial charge in [-0.3, -0.25) is 4.79 Å². The largest absolute Gasteiger partial charge is 0.515 e. The van der Waals surface area contributed by atoms with Crippen molar-refractivity contribution in [2.24, 2.45) is 52.3 Å². The molecule has 0 aromatic heterocycles. The standard InChI is InChI=1S/C28H46O2/c1-18(2)9-8-10-19(3)21-12-13-23-25-24(14-16-28(21,23)5)27(4)15-7-6-11-22(27)20(17-29)26(25)30/h17-19,21-25,29H,6-16H2,1-5H3/b20-17-/t19-,21-,22?,23+,24+,25+,27+,28-/m1/s1. The summed E-state index contributed by atoms with van der Waals surface area (Å²) in [4.78, 5) is 13.8. The molecule has 0 radical (unpaired) electrons. The summed E-state index contributed by atoms with van der Waals surface area (Å²) in [5.74, 6) is 4.17. The number of Topliss-reactive ketones (excluding diaryl/α,β-unsaturated/α-hetero) is 1. The minimum absolute atomic E-state index is 0.161. The Balaban J connectivity index is 1.58. The Labute approximate surface area is 185 Å². The highest BCUT2D eigenvalue weighted by Gasteiger charge is 2.63. The molecule has 0 aliphatic heterocycles. The zero-order valence-electron chi connectivity index (χ0n) is 20.3. The van der Waals surface area contributed by atoms with E-state index in [1.807, 2.05) is 0 Å². The van der Waals surface area contributed by atoms with Crippen LogP contribution in [0.5, 0.6) is 0 Å². The average Bonchev–Trinajstić information content (AvgIpc) is 3.05. The van der Waals surface area contributed by atoms with E-state index in [-0.39, 0.29) is 11.3 Å². The maximum absolute atomic E-state index is 13.8. The second-order valence-electron chi connectivity index (χ2n) is 12.5. The van der Waals surface area contributed by atoms with Gasteiger partial charge in [0, 0.05) is 11.5 Å². The molecule has 0 aromatic rings. The van der Waals surface area contributed by atoms with Gasteiger partial charge in [0.05, 0.1) is 6.26 Å². The first-order valence-corrected chi connectivity index (χ1v) is 13.1. The third-order valence-corrected chi connectivity index (χ3v) is 10.7. The van der Waals surface area contributed by atoms with Crippen LogP contribution in [-0.4, -0.2) is 10.9 Å². The Morgan fingerprint density at radius 1 is 0.967 bits per heavy atom. The first-order chi connectivity index (χ1) is 14.2. The van der Waals surface area contributed by atoms with Gasteiger partial charge < -0.3 is 5.11 Å². The molecule has 2 nitrogen and oxygen atoms in total. The molecule has 8 atom stereocenters. The molecule has 1 unspecified atom stereocenters. The Hall–Kier alpha value is -0.790. The van der Waals surface area contributed by atoms with Gasteiger partial charge in [-0.05, 0) is 84.9 Å². The lowest BCUT2D eigenvalue weighted by Crippen LogP contribution is -2.57. The lowest BCUT2D eigenvalue weighted by molar-refractivity contribution is -0.147. The molecule has 2 heteroatoms. The number of fused-ring (bicyclic) bond motifs is 5. The Morgan fingerprint density at radius 2 is 1.70 bits per heavy atom. The number of rotatable bonds is 5. The Kier molecular flexibility index (Phi) is 6.19. The van der Waals surface area contributed by atoms with Gasteiger partial charge in [0.25, 0.3) is 0 Å². The van der Waals surface area contributed by atoms with Gasteiger partial charge in [-0.1, -0.05) is 66.7 Å². The fourth-order valence-corrected chi connectivity index (χ4v) is 9.10. The molecule has 0 saturated heterocycles. The number of aliphatic hydroxyl groups is 1. The number of carbonyl (C=O) groups excluding carboxylic acids is 1. The van der Waals surface area contributed by atoms with Gasteiger partial charge >= 0.3 is 0 Å². The number of hydrogen-bond donors (Lipinski definition) is 1. The highest BCUT2D eigenvalue weighted by Crippen LogP contribution is 2.68. The Morgan fingerprint density at radius 3 is 2.40 bits per heavy atom. The van der Waals surface area contributed by atoms with E-state index >= 15 is 0 Å². The smallest absolute Gasteiger partial charge is 0.165 e. The lowest BCUT2D eigenvalue weighted by Gasteiger charge is -2.60. The summed E-state index contributed by atoms with van der Waals surface area (Å²) >= 11 is 0. The maximum atomic E-state index is 13.8. The van der Waals surface area contributed by atoms with E-state index in [0.29, 0.717) is 29.0 Å². The minimum Gasteiger partial charge on any atom is -0.515 e. The molecule has 1 N–H and O–H groups in total. The van der Waals surface area contributed by atoms with Crippen LogP contribution in [0.3, 0.4) is 0 Å². The highest BCUT2D eigenvalue weighted by atomic mass is 16.2. The molecule has 0 spiro atoms. The number of ketones is 1. The van der Waals surface area contributed by atoms with Crippen molar-refractivity contribution in [1.29, 1.82) is 0 Å². The van der Waals surface area contributed by atoms with Crippen LogP contribution in [-0.2, 0) is 4.79 Å². The molecule has 0 bridgehead atoms. The third kappa shape index (κ3) is 3.39. The number of aliphatic hydroxyl groups excluding tert-OH is 1. The van der Waals surface area contributed by atoms with E-state index in [2.05, 4.69) is 34.6 Å². The summed E-state index contributed by atoms with van der Waals surface area (Å²) in [7, 11) is 0. The first kappa shape index (κ1) is 22.4. The summed E-state index contributed by atoms with van der Waals surface area (Å²) in [6.07, 6.45) is 15.1. The summed E-state index contributed by atoms with van der Waals surface area (Å²) < 4.78 is 0. The number of carbonyl (C=O) groups is 1. The topological polar surface area (TPSA) is 37.3 Å². The van der Waals surface area contributed by atoms with E-state index in [1.165, 1.54) is 70.5 Å². The van der Waals surface area contributed by atoms with Crippen molar-refractivity contribution in [3.8, 4) is 0 Å². The van der Waals surface area contributed by atoms with Crippen LogP contribution in [0, 0.1) is 52.3 Å². The van der Waals surface area contributed by atoms with E-state index in [4.69, 9.17) is 0 Å². The van der Waals surface area contributed by atoms with Crippen LogP contribution in [0.25, 0.3) is 0 Å². The van der Waals surface area contributed by atoms with Crippen molar-refractivity contribution in [1.82, 2.24) is 0 Å². The van der Waals surface area contributed by atoms with Crippen molar-refractivity contribution in [3.63, 3.8) is 0 Å². The molecule has 30 heavy (non-hydrogen) atoms. The molecular weight excluding hydrogens is 368 g/mol. The Bertz CT molecular complexity index is 678. The zero-order chi connectivity index (χ0) is 21.7. The van der Waals surface area contributed by atoms with Gasteiger partial charge in [0.2, 0.25) is 0 Å². The minimum atomic E-state index is 0.161. The van der Waals surface area contributed by atoms with Crippen molar-refractivity contribution in [2.75, 3.05) is 0 Å². The normalized spacial score (nSPS) is 45.9. The summed E-state index contributed by atoms with van der Waals surface area (Å²) in [5, 5.41) is 10.1. The van der Waals surface area contributed by atoms with E-state index in [9.17, 15) is 9.90 Å². The van der Waals surface area contributed by atoms with Crippen LogP contribution in [0.2, 0.25) is 0 Å². The molecule has 0 aromatic carbocycles. The van der Waals surface area contributed by atoms with Crippen LogP contribution in [0.4, 0.5) is 0 Å². The number of hydrogen-bond acceptors (Lipinski definition) is 2. The van der Waals surface area contributed by atoms with Gasteiger partial charge in [-0.25, -0.2) is 0 Å². The molecule has 4 fully saturated rings. The third-order valence-electron chi connectivity index (χ3n) is 10.7. The fourth-order valence-electron chi connectivity index (χ4n) is 9.10. The van der Waals surface area contributed by atoms with Crippen LogP contribution in [0.1, 0.15) is 105 Å². The van der Waals surface area contributed by atoms with Gasteiger partial charge in [-0.2, -0.15) is 0 Å². The molecule has 0 heterocycles. The molecular formula is C28H46O2. The molecule has 170 valence electrons. The summed E-state index contributed by atoms with van der Waals surface area (Å²) in [6.45, 7) is 12.2. The van der Waals surface area contributed by atoms with E-state index in [0.717, 1.165) is 29.7 Å². The molecule has 4 aliphatic carbocycles. The monoisotopic (exact) mass is 414 g/mol. The van der Waals surface area contributed by atoms with Crippen LogP contribution < -0.4 is 0 Å². The summed E-state index contributed by atoms with van der Waals surface area (Å²) in [5.41, 5.74) is 1.32. The van der Waals surface area contributed by atoms with Crippen LogP contribution >= 0.6 is 0 Å². The molecule has 4 saturated carbocycles. The predicted molar refractivity (Wildman–Crippen MR) is 124 cm³/mol. The number of allylic oxidation sites excluding steroid dienone is 1.